The molecule has 1 N–H and O–H groups in total. The first-order valence-corrected chi connectivity index (χ1v) is 12.9. The van der Waals surface area contributed by atoms with E-state index in [4.69, 9.17) is 4.98 Å². The number of imide groups is 1. The summed E-state index contributed by atoms with van der Waals surface area (Å²) in [6.07, 6.45) is 3.01. The minimum Gasteiger partial charge on any atom is -0.323 e. The van der Waals surface area contributed by atoms with E-state index in [1.807, 2.05) is 50.2 Å². The van der Waals surface area contributed by atoms with Crippen LogP contribution in [0.2, 0.25) is 0 Å². The van der Waals surface area contributed by atoms with Crippen molar-refractivity contribution in [2.45, 2.75) is 58.5 Å². The molecule has 1 aromatic heterocycles. The van der Waals surface area contributed by atoms with Crippen molar-refractivity contribution in [1.82, 2.24) is 15.2 Å². The van der Waals surface area contributed by atoms with Crippen LogP contribution in [0, 0.1) is 19.8 Å². The molecule has 8 heteroatoms. The highest BCUT2D eigenvalue weighted by molar-refractivity contribution is 7.22. The van der Waals surface area contributed by atoms with E-state index in [1.54, 1.807) is 4.90 Å². The predicted molar refractivity (Wildman–Crippen MR) is 137 cm³/mol. The smallest absolute Gasteiger partial charge is 0.323 e. The number of benzene rings is 2. The molecule has 2 aromatic carbocycles. The van der Waals surface area contributed by atoms with E-state index in [2.05, 4.69) is 18.3 Å². The molecule has 2 heterocycles. The highest BCUT2D eigenvalue weighted by Crippen LogP contribution is 2.37. The normalized spacial score (nSPS) is 22.1. The summed E-state index contributed by atoms with van der Waals surface area (Å²) in [6.45, 7) is 6.24. The van der Waals surface area contributed by atoms with Gasteiger partial charge in [0.2, 0.25) is 5.91 Å². The Morgan fingerprint density at radius 3 is 2.57 bits per heavy atom. The molecule has 4 amide bonds. The lowest BCUT2D eigenvalue weighted by atomic mass is 9.77. The number of carbonyl (C=O) groups is 3. The number of aryl methyl sites for hydroxylation is 2. The molecule has 3 aromatic rings. The molecule has 0 radical (unpaired) electrons. The van der Waals surface area contributed by atoms with Gasteiger partial charge in [-0.25, -0.2) is 9.78 Å². The van der Waals surface area contributed by atoms with Gasteiger partial charge in [-0.3, -0.25) is 19.4 Å². The number of nitrogens with zero attached hydrogens (tertiary/aromatic N) is 3. The maximum atomic E-state index is 13.7. The number of fused-ring (bicyclic) bond motifs is 1. The fraction of sp³-hybridized carbons (Fsp3) is 0.407. The summed E-state index contributed by atoms with van der Waals surface area (Å²) in [4.78, 5) is 47.3. The first-order valence-electron chi connectivity index (χ1n) is 12.1. The summed E-state index contributed by atoms with van der Waals surface area (Å²) in [5, 5.41) is 3.48. The molecule has 35 heavy (non-hydrogen) atoms. The zero-order chi connectivity index (χ0) is 24.7. The number of rotatable bonds is 5. The lowest BCUT2D eigenvalue weighted by molar-refractivity contribution is -0.135. The largest absolute Gasteiger partial charge is 0.325 e. The van der Waals surface area contributed by atoms with E-state index in [0.29, 0.717) is 30.4 Å². The average molecular weight is 491 g/mol. The van der Waals surface area contributed by atoms with Crippen LogP contribution in [-0.4, -0.2) is 39.8 Å². The van der Waals surface area contributed by atoms with Crippen LogP contribution >= 0.6 is 11.3 Å². The number of hydrogen-bond donors (Lipinski definition) is 1. The summed E-state index contributed by atoms with van der Waals surface area (Å²) in [6, 6.07) is 13.3. The molecule has 1 aliphatic heterocycles. The molecule has 1 saturated carbocycles. The van der Waals surface area contributed by atoms with E-state index >= 15 is 0 Å². The van der Waals surface area contributed by atoms with Gasteiger partial charge in [-0.15, -0.1) is 0 Å². The summed E-state index contributed by atoms with van der Waals surface area (Å²) in [7, 11) is 0. The molecule has 1 saturated heterocycles. The third kappa shape index (κ3) is 4.31. The topological polar surface area (TPSA) is 82.6 Å². The molecule has 0 bridgehead atoms. The van der Waals surface area contributed by atoms with Crippen molar-refractivity contribution in [1.29, 1.82) is 0 Å². The molecule has 0 atom stereocenters. The average Bonchev–Trinajstić information content (AvgIpc) is 3.38. The van der Waals surface area contributed by atoms with Crippen LogP contribution in [0.1, 0.15) is 49.3 Å². The monoisotopic (exact) mass is 490 g/mol. The second-order valence-corrected chi connectivity index (χ2v) is 10.9. The van der Waals surface area contributed by atoms with E-state index in [-0.39, 0.29) is 18.4 Å². The van der Waals surface area contributed by atoms with Gasteiger partial charge in [-0.2, -0.15) is 0 Å². The van der Waals surface area contributed by atoms with Crippen LogP contribution in [0.5, 0.6) is 0 Å². The number of thiazole rings is 1. The summed E-state index contributed by atoms with van der Waals surface area (Å²) >= 11 is 1.45. The van der Waals surface area contributed by atoms with Gasteiger partial charge in [0.25, 0.3) is 5.91 Å². The lowest BCUT2D eigenvalue weighted by Crippen LogP contribution is -2.50. The van der Waals surface area contributed by atoms with Gasteiger partial charge in [-0.05, 0) is 68.2 Å². The van der Waals surface area contributed by atoms with Gasteiger partial charge in [0.15, 0.2) is 5.13 Å². The van der Waals surface area contributed by atoms with Crippen molar-refractivity contribution in [3.05, 3.63) is 59.2 Å². The van der Waals surface area contributed by atoms with E-state index in [9.17, 15) is 14.4 Å². The van der Waals surface area contributed by atoms with Crippen molar-refractivity contribution < 1.29 is 14.4 Å². The van der Waals surface area contributed by atoms with Crippen molar-refractivity contribution >= 4 is 44.5 Å². The van der Waals surface area contributed by atoms with Gasteiger partial charge in [0.05, 0.1) is 16.8 Å². The SMILES string of the molecule is Cc1ccc2sc(N(Cc3ccccc3)C(=O)CN3C(=O)NC4(CCC(C)CC4)C3=O)nc2c1C. The molecule has 2 fully saturated rings. The summed E-state index contributed by atoms with van der Waals surface area (Å²) in [5.41, 5.74) is 3.18. The number of carbonyl (C=O) groups excluding carboxylic acids is 3. The molecule has 0 unspecified atom stereocenters. The van der Waals surface area contributed by atoms with Crippen LogP contribution < -0.4 is 10.2 Å². The van der Waals surface area contributed by atoms with Crippen molar-refractivity contribution in [2.24, 2.45) is 5.92 Å². The van der Waals surface area contributed by atoms with Crippen molar-refractivity contribution in [3.8, 4) is 0 Å². The lowest BCUT2D eigenvalue weighted by Gasteiger charge is -2.33. The van der Waals surface area contributed by atoms with Crippen LogP contribution in [0.4, 0.5) is 9.93 Å². The maximum Gasteiger partial charge on any atom is 0.325 e. The third-order valence-corrected chi connectivity index (χ3v) is 8.50. The molecule has 1 aliphatic carbocycles. The van der Waals surface area contributed by atoms with E-state index in [1.165, 1.54) is 11.3 Å². The van der Waals surface area contributed by atoms with E-state index < -0.39 is 11.6 Å². The molecule has 2 aliphatic rings. The Balaban J connectivity index is 1.44. The quantitative estimate of drug-likeness (QED) is 0.513. The van der Waals surface area contributed by atoms with Crippen LogP contribution in [-0.2, 0) is 16.1 Å². The fourth-order valence-electron chi connectivity index (χ4n) is 4.99. The minimum atomic E-state index is -0.862. The van der Waals surface area contributed by atoms with Crippen LogP contribution in [0.15, 0.2) is 42.5 Å². The van der Waals surface area contributed by atoms with Gasteiger partial charge in [0, 0.05) is 0 Å². The first kappa shape index (κ1) is 23.5. The highest BCUT2D eigenvalue weighted by Gasteiger charge is 2.52. The zero-order valence-corrected chi connectivity index (χ0v) is 21.2. The number of anilines is 1. The zero-order valence-electron chi connectivity index (χ0n) is 20.3. The second kappa shape index (κ2) is 9.07. The van der Waals surface area contributed by atoms with Gasteiger partial charge in [0.1, 0.15) is 12.1 Å². The Morgan fingerprint density at radius 2 is 1.86 bits per heavy atom. The molecular formula is C27H30N4O3S. The third-order valence-electron chi connectivity index (χ3n) is 7.46. The number of urea groups is 1. The summed E-state index contributed by atoms with van der Waals surface area (Å²) < 4.78 is 0.999. The Labute approximate surface area is 209 Å². The fourth-order valence-corrected chi connectivity index (χ4v) is 6.03. The van der Waals surface area contributed by atoms with Gasteiger partial charge < -0.3 is 5.32 Å². The number of nitrogens with one attached hydrogen (secondary N) is 1. The van der Waals surface area contributed by atoms with Gasteiger partial charge >= 0.3 is 6.03 Å². The van der Waals surface area contributed by atoms with Crippen molar-refractivity contribution in [3.63, 3.8) is 0 Å². The Bertz CT molecular complexity index is 1290. The van der Waals surface area contributed by atoms with Crippen molar-refractivity contribution in [2.75, 3.05) is 11.4 Å². The number of amides is 4. The van der Waals surface area contributed by atoms with Gasteiger partial charge in [-0.1, -0.05) is 54.7 Å². The standard InChI is InChI=1S/C27H30N4O3S/c1-17-11-13-27(14-12-17)24(33)31(25(34)29-27)16-22(32)30(15-20-7-5-4-6-8-20)26-28-23-19(3)18(2)9-10-21(23)35-26/h4-10,17H,11-16H2,1-3H3,(H,29,34). The van der Waals surface area contributed by atoms with Crippen LogP contribution in [0.3, 0.4) is 0 Å². The number of aromatic nitrogens is 1. The number of hydrogen-bond acceptors (Lipinski definition) is 5. The highest BCUT2D eigenvalue weighted by atomic mass is 32.1. The molecule has 182 valence electrons. The minimum absolute atomic E-state index is 0.279. The Kier molecular flexibility index (Phi) is 6.09. The predicted octanol–water partition coefficient (Wildman–Crippen LogP) is 4.95. The van der Waals surface area contributed by atoms with E-state index in [0.717, 1.165) is 44.6 Å². The van der Waals surface area contributed by atoms with Crippen LogP contribution in [0.25, 0.3) is 10.2 Å². The first-order chi connectivity index (χ1) is 16.8. The summed E-state index contributed by atoms with van der Waals surface area (Å²) in [5.74, 6) is -0.0707. The Hall–Kier alpha value is -3.26. The Morgan fingerprint density at radius 1 is 1.14 bits per heavy atom. The molecule has 1 spiro atoms. The maximum absolute atomic E-state index is 13.7. The molecular weight excluding hydrogens is 460 g/mol. The molecule has 7 nitrogen and oxygen atoms in total. The molecule has 5 rings (SSSR count). The second-order valence-electron chi connectivity index (χ2n) is 9.90.